The van der Waals surface area contributed by atoms with Crippen LogP contribution in [0.3, 0.4) is 0 Å². The Hall–Kier alpha value is -1.04. The Labute approximate surface area is 125 Å². The van der Waals surface area contributed by atoms with Gasteiger partial charge < -0.3 is 15.2 Å². The number of ether oxygens (including phenoxy) is 2. The van der Waals surface area contributed by atoms with E-state index in [1.54, 1.807) is 11.8 Å². The Kier molecular flexibility index (Phi) is 8.34. The Morgan fingerprint density at radius 1 is 1.25 bits per heavy atom. The van der Waals surface area contributed by atoms with Gasteiger partial charge in [-0.3, -0.25) is 0 Å². The lowest BCUT2D eigenvalue weighted by Crippen LogP contribution is -2.11. The maximum absolute atomic E-state index is 11.7. The predicted molar refractivity (Wildman–Crippen MR) is 83.0 cm³/mol. The normalized spacial score (nSPS) is 10.8. The molecule has 4 nitrogen and oxygen atoms in total. The highest BCUT2D eigenvalue weighted by Gasteiger charge is 2.08. The van der Waals surface area contributed by atoms with Gasteiger partial charge in [0.2, 0.25) is 0 Å². The molecule has 112 valence electrons. The lowest BCUT2D eigenvalue weighted by Gasteiger charge is -2.08. The summed E-state index contributed by atoms with van der Waals surface area (Å²) in [5.41, 5.74) is 7.12. The third kappa shape index (κ3) is 6.93. The average Bonchev–Trinajstić information content (AvgIpc) is 2.42. The predicted octanol–water partition coefficient (Wildman–Crippen LogP) is 2.46. The molecule has 2 N–H and O–H groups in total. The fourth-order valence-corrected chi connectivity index (χ4v) is 2.32. The monoisotopic (exact) mass is 297 g/mol. The highest BCUT2D eigenvalue weighted by Crippen LogP contribution is 2.14. The van der Waals surface area contributed by atoms with Crippen LogP contribution in [0.2, 0.25) is 0 Å². The zero-order valence-corrected chi connectivity index (χ0v) is 12.9. The highest BCUT2D eigenvalue weighted by atomic mass is 32.2. The number of nitrogens with two attached hydrogens (primary N) is 1. The van der Waals surface area contributed by atoms with Gasteiger partial charge in [0.25, 0.3) is 0 Å². The molecule has 1 aromatic rings. The largest absolute Gasteiger partial charge is 0.459 e. The Morgan fingerprint density at radius 3 is 2.55 bits per heavy atom. The summed E-state index contributed by atoms with van der Waals surface area (Å²) in [6.45, 7) is 5.60. The fraction of sp³-hybridized carbons (Fsp3) is 0.533. The summed E-state index contributed by atoms with van der Waals surface area (Å²) in [6, 6.07) is 7.55. The molecule has 5 heteroatoms. The van der Waals surface area contributed by atoms with E-state index < -0.39 is 0 Å². The molecule has 0 unspecified atom stereocenters. The zero-order chi connectivity index (χ0) is 14.8. The van der Waals surface area contributed by atoms with E-state index in [-0.39, 0.29) is 12.1 Å². The van der Waals surface area contributed by atoms with Crippen LogP contribution in [0.4, 0.5) is 0 Å². The molecule has 0 aromatic heterocycles. The molecule has 0 radical (unpaired) electrons. The van der Waals surface area contributed by atoms with E-state index in [9.17, 15) is 4.79 Å². The molecule has 0 aliphatic carbocycles. The van der Waals surface area contributed by atoms with Crippen LogP contribution in [-0.2, 0) is 15.2 Å². The number of hydrogen-bond acceptors (Lipinski definition) is 5. The van der Waals surface area contributed by atoms with E-state index >= 15 is 0 Å². The summed E-state index contributed by atoms with van der Waals surface area (Å²) in [5.74, 6) is 1.58. The minimum Gasteiger partial charge on any atom is -0.459 e. The summed E-state index contributed by atoms with van der Waals surface area (Å²) in [5, 5.41) is 0. The Balaban J connectivity index is 2.30. The molecule has 1 rings (SSSR count). The molecular formula is C15H23NO3S. The van der Waals surface area contributed by atoms with E-state index in [0.29, 0.717) is 18.7 Å². The molecule has 0 spiro atoms. The maximum atomic E-state index is 11.7. The van der Waals surface area contributed by atoms with E-state index in [1.165, 1.54) is 5.56 Å². The van der Waals surface area contributed by atoms with E-state index in [1.807, 2.05) is 38.1 Å². The first-order valence-electron chi connectivity index (χ1n) is 6.79. The van der Waals surface area contributed by atoms with Crippen molar-refractivity contribution >= 4 is 17.7 Å². The summed E-state index contributed by atoms with van der Waals surface area (Å²) in [6.07, 6.45) is -0.0914. The number of carbonyl (C=O) groups excluding carboxylic acids is 1. The van der Waals surface area contributed by atoms with Crippen molar-refractivity contribution in [3.8, 4) is 0 Å². The third-order valence-electron chi connectivity index (χ3n) is 2.44. The second kappa shape index (κ2) is 9.80. The number of benzene rings is 1. The first kappa shape index (κ1) is 17.0. The first-order valence-corrected chi connectivity index (χ1v) is 7.94. The van der Waals surface area contributed by atoms with E-state index in [2.05, 4.69) is 0 Å². The molecule has 20 heavy (non-hydrogen) atoms. The Bertz CT molecular complexity index is 393. The van der Waals surface area contributed by atoms with E-state index in [0.717, 1.165) is 18.1 Å². The molecule has 0 aliphatic heterocycles. The summed E-state index contributed by atoms with van der Waals surface area (Å²) in [7, 11) is 0. The van der Waals surface area contributed by atoms with Crippen molar-refractivity contribution < 1.29 is 14.3 Å². The molecule has 0 saturated carbocycles. The number of rotatable bonds is 9. The topological polar surface area (TPSA) is 61.5 Å². The van der Waals surface area contributed by atoms with Crippen molar-refractivity contribution in [3.63, 3.8) is 0 Å². The van der Waals surface area contributed by atoms with E-state index in [4.69, 9.17) is 15.2 Å². The molecule has 0 saturated heterocycles. The smallest absolute Gasteiger partial charge is 0.338 e. The van der Waals surface area contributed by atoms with Crippen molar-refractivity contribution in [2.75, 3.05) is 25.5 Å². The summed E-state index contributed by atoms with van der Waals surface area (Å²) < 4.78 is 10.4. The minimum atomic E-state index is -0.269. The lowest BCUT2D eigenvalue weighted by atomic mass is 10.1. The van der Waals surface area contributed by atoms with Gasteiger partial charge in [-0.25, -0.2) is 4.79 Å². The Morgan fingerprint density at radius 2 is 1.95 bits per heavy atom. The first-order chi connectivity index (χ1) is 9.63. The zero-order valence-electron chi connectivity index (χ0n) is 12.1. The van der Waals surface area contributed by atoms with Gasteiger partial charge in [0, 0.05) is 18.1 Å². The summed E-state index contributed by atoms with van der Waals surface area (Å²) >= 11 is 1.80. The van der Waals surface area contributed by atoms with Gasteiger partial charge in [-0.2, -0.15) is 11.8 Å². The van der Waals surface area contributed by atoms with Gasteiger partial charge in [0.15, 0.2) is 0 Å². The van der Waals surface area contributed by atoms with Gasteiger partial charge in [0.05, 0.1) is 24.9 Å². The van der Waals surface area contributed by atoms with Crippen molar-refractivity contribution in [1.29, 1.82) is 0 Å². The van der Waals surface area contributed by atoms with Crippen LogP contribution in [0.1, 0.15) is 29.8 Å². The molecule has 0 bridgehead atoms. The standard InChI is InChI=1S/C15H23NO3S/c1-12(2)19-15(17)14-5-3-13(4-6-14)11-20-10-9-18-8-7-16/h3-6,12H,7-11,16H2,1-2H3. The SMILES string of the molecule is CC(C)OC(=O)c1ccc(CSCCOCCN)cc1. The molecule has 0 aliphatic rings. The van der Waals surface area contributed by atoms with Crippen LogP contribution >= 0.6 is 11.8 Å². The van der Waals surface area contributed by atoms with Crippen LogP contribution in [-0.4, -0.2) is 37.6 Å². The van der Waals surface area contributed by atoms with Crippen molar-refractivity contribution in [2.45, 2.75) is 25.7 Å². The fourth-order valence-electron chi connectivity index (χ4n) is 1.51. The maximum Gasteiger partial charge on any atom is 0.338 e. The van der Waals surface area contributed by atoms with Gasteiger partial charge in [-0.05, 0) is 31.5 Å². The number of esters is 1. The van der Waals surface area contributed by atoms with Crippen LogP contribution in [0.25, 0.3) is 0 Å². The van der Waals surface area contributed by atoms with Gasteiger partial charge >= 0.3 is 5.97 Å². The van der Waals surface area contributed by atoms with Crippen molar-refractivity contribution in [1.82, 2.24) is 0 Å². The van der Waals surface area contributed by atoms with Crippen LogP contribution in [0.5, 0.6) is 0 Å². The average molecular weight is 297 g/mol. The van der Waals surface area contributed by atoms with Crippen molar-refractivity contribution in [3.05, 3.63) is 35.4 Å². The molecule has 0 fully saturated rings. The highest BCUT2D eigenvalue weighted by molar-refractivity contribution is 7.98. The molecule has 1 aromatic carbocycles. The minimum absolute atomic E-state index is 0.0914. The van der Waals surface area contributed by atoms with Gasteiger partial charge in [0.1, 0.15) is 0 Å². The van der Waals surface area contributed by atoms with Crippen LogP contribution in [0, 0.1) is 0 Å². The quantitative estimate of drug-likeness (QED) is 0.560. The summed E-state index contributed by atoms with van der Waals surface area (Å²) in [4.78, 5) is 11.7. The number of hydrogen-bond donors (Lipinski definition) is 1. The lowest BCUT2D eigenvalue weighted by molar-refractivity contribution is 0.0378. The third-order valence-corrected chi connectivity index (χ3v) is 3.43. The molecule has 0 heterocycles. The number of thioether (sulfide) groups is 1. The van der Waals surface area contributed by atoms with Crippen LogP contribution < -0.4 is 5.73 Å². The van der Waals surface area contributed by atoms with Gasteiger partial charge in [-0.15, -0.1) is 0 Å². The van der Waals surface area contributed by atoms with Crippen LogP contribution in [0.15, 0.2) is 24.3 Å². The second-order valence-electron chi connectivity index (χ2n) is 4.60. The number of carbonyl (C=O) groups is 1. The second-order valence-corrected chi connectivity index (χ2v) is 5.71. The van der Waals surface area contributed by atoms with Gasteiger partial charge in [-0.1, -0.05) is 12.1 Å². The molecule has 0 amide bonds. The molecule has 0 atom stereocenters. The van der Waals surface area contributed by atoms with Crippen molar-refractivity contribution in [2.24, 2.45) is 5.73 Å². The molecular weight excluding hydrogens is 274 g/mol.